The van der Waals surface area contributed by atoms with Crippen LogP contribution in [0.5, 0.6) is 5.75 Å². The summed E-state index contributed by atoms with van der Waals surface area (Å²) < 4.78 is 0. The van der Waals surface area contributed by atoms with Crippen LogP contribution in [0.4, 0.5) is 0 Å². The fraction of sp³-hybridized carbons (Fsp3) is 0.579. The van der Waals surface area contributed by atoms with Crippen molar-refractivity contribution in [2.75, 3.05) is 49.2 Å². The summed E-state index contributed by atoms with van der Waals surface area (Å²) in [6.07, 6.45) is 0.289. The molecule has 2 aromatic rings. The van der Waals surface area contributed by atoms with Crippen molar-refractivity contribution in [3.05, 3.63) is 48.0 Å². The molecule has 39 heteroatoms. The SMILES string of the molecule is CC(C)[C@H](NC(=O)CNC(=O)[C@@H]1CCC(=O)N1)C(=O)N[C@H]1CSSC[C@@H](C(N)=O)NC(=O)[C@@H]2C[C@@H](O)CN2C(=O)[C@H](Cc2cnc[nH]2)NC(=O)[C@@H]2CSSC[C@H](NC1=O)C(=O)NCC(=O)N[C@@H](Cc1ccc(O)cc1)C(=O)N[C@@H](CCCCN)C(=O)N[C@@H](CCC(N)=O)C(=O)N2. The van der Waals surface area contributed by atoms with E-state index in [1.807, 2.05) is 0 Å². The Balaban J connectivity index is 1.42. The Morgan fingerprint density at radius 2 is 1.32 bits per heavy atom. The number of primary amides is 2. The number of imidazole rings is 1. The number of fused-ring (bicyclic) bond motifs is 6. The number of nitrogens with zero attached hydrogens (tertiary/aromatic N) is 2. The van der Waals surface area contributed by atoms with Gasteiger partial charge in [0, 0.05) is 73.6 Å². The lowest BCUT2D eigenvalue weighted by atomic mass is 10.0. The Morgan fingerprint density at radius 3 is 1.96 bits per heavy atom. The minimum absolute atomic E-state index is 0.0865. The number of aliphatic hydroxyl groups is 1. The van der Waals surface area contributed by atoms with Crippen LogP contribution in [0.1, 0.15) is 76.5 Å². The predicted octanol–water partition coefficient (Wildman–Crippen LogP) is -6.94. The van der Waals surface area contributed by atoms with Crippen molar-refractivity contribution in [1.82, 2.24) is 78.7 Å². The molecule has 5 heterocycles. The second kappa shape index (κ2) is 37.8. The smallest absolute Gasteiger partial charge is 0.246 e. The maximum Gasteiger partial charge on any atom is 0.246 e. The summed E-state index contributed by atoms with van der Waals surface area (Å²) in [7, 11) is 3.49. The molecule has 35 nitrogen and oxygen atoms in total. The molecule has 0 unspecified atom stereocenters. The van der Waals surface area contributed by atoms with E-state index >= 15 is 0 Å². The van der Waals surface area contributed by atoms with Gasteiger partial charge in [-0.2, -0.15) is 0 Å². The van der Waals surface area contributed by atoms with E-state index < -0.39 is 205 Å². The predicted molar refractivity (Wildman–Crippen MR) is 350 cm³/mol. The number of carbonyl (C=O) groups is 15. The van der Waals surface area contributed by atoms with Crippen LogP contribution in [0.2, 0.25) is 0 Å². The largest absolute Gasteiger partial charge is 0.508 e. The fourth-order valence-electron chi connectivity index (χ4n) is 10.2. The van der Waals surface area contributed by atoms with Gasteiger partial charge in [0.15, 0.2) is 0 Å². The second-order valence-electron chi connectivity index (χ2n) is 23.3. The van der Waals surface area contributed by atoms with Crippen LogP contribution >= 0.6 is 43.2 Å². The van der Waals surface area contributed by atoms with Gasteiger partial charge in [-0.1, -0.05) is 69.2 Å². The highest BCUT2D eigenvalue weighted by atomic mass is 33.1. The number of aromatic amines is 1. The van der Waals surface area contributed by atoms with E-state index in [2.05, 4.69) is 73.8 Å². The van der Waals surface area contributed by atoms with Crippen LogP contribution < -0.4 is 81.0 Å². The molecule has 1 aromatic carbocycles. The number of aliphatic hydroxyl groups excluding tert-OH is 1. The van der Waals surface area contributed by atoms with Gasteiger partial charge in [0.05, 0.1) is 25.5 Å². The molecule has 4 saturated heterocycles. The molecule has 12 atom stereocenters. The van der Waals surface area contributed by atoms with Gasteiger partial charge in [0.1, 0.15) is 72.2 Å². The number of amides is 15. The first kappa shape index (κ1) is 76.6. The van der Waals surface area contributed by atoms with Crippen LogP contribution in [0.15, 0.2) is 36.8 Å². The van der Waals surface area contributed by atoms with E-state index in [9.17, 15) is 82.1 Å². The fourth-order valence-corrected chi connectivity index (χ4v) is 14.9. The highest BCUT2D eigenvalue weighted by molar-refractivity contribution is 8.77. The zero-order chi connectivity index (χ0) is 70.2. The first-order valence-corrected chi connectivity index (χ1v) is 35.7. The van der Waals surface area contributed by atoms with Crippen molar-refractivity contribution >= 4 is 132 Å². The minimum atomic E-state index is -1.70. The van der Waals surface area contributed by atoms with E-state index in [0.29, 0.717) is 17.7 Å². The monoisotopic (exact) mass is 1420 g/mol. The molecule has 526 valence electrons. The zero-order valence-electron chi connectivity index (χ0n) is 52.5. The summed E-state index contributed by atoms with van der Waals surface area (Å²) in [4.78, 5) is 216. The van der Waals surface area contributed by atoms with Crippen LogP contribution in [-0.2, 0) is 84.8 Å². The molecule has 21 N–H and O–H groups in total. The van der Waals surface area contributed by atoms with Crippen LogP contribution in [0.3, 0.4) is 0 Å². The number of nitrogens with two attached hydrogens (primary N) is 3. The normalized spacial score (nSPS) is 26.1. The van der Waals surface area contributed by atoms with E-state index in [4.69, 9.17) is 17.2 Å². The van der Waals surface area contributed by atoms with Crippen LogP contribution in [-0.4, -0.2) is 235 Å². The number of nitrogens with one attached hydrogen (secondary N) is 13. The summed E-state index contributed by atoms with van der Waals surface area (Å²) in [5, 5.41) is 51.6. The average molecular weight is 1420 g/mol. The molecule has 0 radical (unpaired) electrons. The minimum Gasteiger partial charge on any atom is -0.508 e. The molecule has 4 aliphatic heterocycles. The number of phenols is 1. The number of phenolic OH excluding ortho intramolecular Hbond substituents is 1. The molecule has 4 fully saturated rings. The number of benzene rings is 1. The Hall–Kier alpha value is -8.40. The molecular formula is C57H82N18O17S4. The van der Waals surface area contributed by atoms with E-state index in [0.717, 1.165) is 48.1 Å². The van der Waals surface area contributed by atoms with Gasteiger partial charge >= 0.3 is 0 Å². The van der Waals surface area contributed by atoms with Gasteiger partial charge in [0.2, 0.25) is 88.6 Å². The quantitative estimate of drug-likeness (QED) is 0.0459. The van der Waals surface area contributed by atoms with Gasteiger partial charge in [-0.3, -0.25) is 71.9 Å². The highest BCUT2D eigenvalue weighted by Gasteiger charge is 2.44. The summed E-state index contributed by atoms with van der Waals surface area (Å²) in [5.74, 6) is -15.9. The molecule has 0 saturated carbocycles. The summed E-state index contributed by atoms with van der Waals surface area (Å²) >= 11 is 0. The number of aromatic nitrogens is 2. The molecule has 2 bridgehead atoms. The third kappa shape index (κ3) is 24.1. The van der Waals surface area contributed by atoms with Crippen molar-refractivity contribution in [3.8, 4) is 5.75 Å². The molecular weight excluding hydrogens is 1340 g/mol. The highest BCUT2D eigenvalue weighted by Crippen LogP contribution is 2.27. The first-order chi connectivity index (χ1) is 45.7. The Morgan fingerprint density at radius 1 is 0.688 bits per heavy atom. The third-order valence-corrected chi connectivity index (χ3v) is 20.3. The van der Waals surface area contributed by atoms with Crippen LogP contribution in [0.25, 0.3) is 0 Å². The van der Waals surface area contributed by atoms with Crippen molar-refractivity contribution in [1.29, 1.82) is 0 Å². The van der Waals surface area contributed by atoms with Gasteiger partial charge in [-0.05, 0) is 62.3 Å². The summed E-state index contributed by atoms with van der Waals surface area (Å²) in [6.45, 7) is 1.42. The number of hydrogen-bond acceptors (Lipinski definition) is 23. The van der Waals surface area contributed by atoms with Crippen LogP contribution in [0, 0.1) is 5.92 Å². The maximum absolute atomic E-state index is 14.9. The van der Waals surface area contributed by atoms with Crippen molar-refractivity contribution in [2.45, 2.75) is 151 Å². The van der Waals surface area contributed by atoms with Crippen molar-refractivity contribution < 1.29 is 82.1 Å². The molecule has 4 aliphatic rings. The van der Waals surface area contributed by atoms with Crippen molar-refractivity contribution in [2.24, 2.45) is 23.1 Å². The lowest BCUT2D eigenvalue weighted by Gasteiger charge is -2.30. The topological polar surface area (TPSA) is 551 Å². The average Bonchev–Trinajstić information content (AvgIpc) is 1.62. The lowest BCUT2D eigenvalue weighted by molar-refractivity contribution is -0.142. The molecule has 6 rings (SSSR count). The van der Waals surface area contributed by atoms with E-state index in [-0.39, 0.29) is 74.7 Å². The maximum atomic E-state index is 14.9. The number of carbonyl (C=O) groups excluding carboxylic acids is 15. The Labute approximate surface area is 566 Å². The van der Waals surface area contributed by atoms with Gasteiger partial charge in [-0.25, -0.2) is 4.98 Å². The zero-order valence-corrected chi connectivity index (χ0v) is 55.7. The van der Waals surface area contributed by atoms with Gasteiger partial charge < -0.3 is 101 Å². The lowest BCUT2D eigenvalue weighted by Crippen LogP contribution is -2.61. The van der Waals surface area contributed by atoms with Crippen molar-refractivity contribution in [3.63, 3.8) is 0 Å². The molecule has 0 aliphatic carbocycles. The number of unbranched alkanes of at least 4 members (excludes halogenated alkanes) is 1. The standard InChI is InChI=1S/C57H82N18O17S4/c1-27(2)46(74-45(81)20-62-48(83)33-11-13-43(79)65-33)56(91)73-40-25-95-93-22-37(47(60)82)70-55(90)41-17-31(77)21-75(41)57(92)36(16-29-18-61-26-64-29)69-53(88)39-24-96-94-23-38(71-54(40)89)49(84)63-19-44(80)66-35(15-28-6-8-30(76)9-7-28)52(87)67-32(5-3-4-14-58)50(85)68-34(51(86)72-39)10-12-42(59)78/h6-9,18,26-27,31-41,46,76-77H,3-5,10-17,19-25,58H2,1-2H3,(H2,59,78)(H2,60,82)(H,61,64)(H,62,83)(H,63,84)(H,65,79)(H,66,80)(H,67,87)(H,68,85)(H,69,88)(H,70,90)(H,71,89)(H,72,86)(H,73,91)(H,74,81)/t31-,32+,33+,34+,35+,36+,37+,38+,39+,40+,41+,46+/m1/s1. The molecule has 96 heavy (non-hydrogen) atoms. The second-order valence-corrected chi connectivity index (χ2v) is 28.4. The molecule has 0 spiro atoms. The van der Waals surface area contributed by atoms with E-state index in [1.165, 1.54) is 36.8 Å². The first-order valence-electron chi connectivity index (χ1n) is 30.8. The number of rotatable bonds is 19. The third-order valence-electron chi connectivity index (χ3n) is 15.5. The van der Waals surface area contributed by atoms with Gasteiger partial charge in [0.25, 0.3) is 0 Å². The van der Waals surface area contributed by atoms with E-state index in [1.54, 1.807) is 13.8 Å². The molecule has 15 amide bonds. The number of aromatic hydroxyl groups is 1. The number of hydrogen-bond donors (Lipinski definition) is 18. The summed E-state index contributed by atoms with van der Waals surface area (Å²) in [6, 6.07) is -10.8. The number of H-pyrrole nitrogens is 1. The molecule has 1 aromatic heterocycles. The summed E-state index contributed by atoms with van der Waals surface area (Å²) in [5.41, 5.74) is 17.8. The Bertz CT molecular complexity index is 3150. The Kier molecular flexibility index (Phi) is 30.2. The van der Waals surface area contributed by atoms with Gasteiger partial charge in [-0.15, -0.1) is 0 Å².